The summed E-state index contributed by atoms with van der Waals surface area (Å²) < 4.78 is 5.82. The Bertz CT molecular complexity index is 1040. The van der Waals surface area contributed by atoms with Gasteiger partial charge in [-0.2, -0.15) is 0 Å². The maximum Gasteiger partial charge on any atom is 0.0299 e. The van der Waals surface area contributed by atoms with Gasteiger partial charge in [-0.25, -0.2) is 0 Å². The van der Waals surface area contributed by atoms with Gasteiger partial charge in [0.05, 0.1) is 0 Å². The van der Waals surface area contributed by atoms with Crippen LogP contribution >= 0.6 is 16.1 Å². The molecule has 182 valence electrons. The van der Waals surface area contributed by atoms with Crippen LogP contribution in [-0.2, 0) is 0 Å². The lowest BCUT2D eigenvalue weighted by atomic mass is 10.1. The van der Waals surface area contributed by atoms with E-state index in [1.54, 1.807) is 0 Å². The lowest BCUT2D eigenvalue weighted by Gasteiger charge is -2.42. The average molecular weight is 509 g/mol. The summed E-state index contributed by atoms with van der Waals surface area (Å²) in [7, 11) is -1.08. The van der Waals surface area contributed by atoms with Crippen molar-refractivity contribution in [2.24, 2.45) is 0 Å². The van der Waals surface area contributed by atoms with Gasteiger partial charge in [-0.1, -0.05) is 121 Å². The lowest BCUT2D eigenvalue weighted by molar-refractivity contribution is 0.276. The molecule has 0 aliphatic carbocycles. The molecule has 2 nitrogen and oxygen atoms in total. The summed E-state index contributed by atoms with van der Waals surface area (Å²) in [4.78, 5) is 0. The van der Waals surface area contributed by atoms with E-state index >= 15 is 0 Å². The molecule has 2 fully saturated rings. The van der Waals surface area contributed by atoms with E-state index in [-0.39, 0.29) is 0 Å². The van der Waals surface area contributed by atoms with E-state index in [9.17, 15) is 0 Å². The molecule has 0 saturated carbocycles. The van der Waals surface area contributed by atoms with E-state index in [0.717, 1.165) is 0 Å². The van der Waals surface area contributed by atoms with E-state index in [1.165, 1.54) is 60.0 Å². The van der Waals surface area contributed by atoms with Gasteiger partial charge in [0.15, 0.2) is 0 Å². The smallest absolute Gasteiger partial charge is 0.0299 e. The van der Waals surface area contributed by atoms with Crippen molar-refractivity contribution in [3.05, 3.63) is 121 Å². The summed E-state index contributed by atoms with van der Waals surface area (Å²) in [6.45, 7) is 2.39. The number of benzene rings is 4. The fourth-order valence-corrected chi connectivity index (χ4v) is 11.4. The molecule has 2 saturated heterocycles. The third kappa shape index (κ3) is 4.93. The molecule has 0 bridgehead atoms. The third-order valence-corrected chi connectivity index (χ3v) is 12.7. The van der Waals surface area contributed by atoms with Gasteiger partial charge in [0.1, 0.15) is 0 Å². The van der Waals surface area contributed by atoms with Crippen molar-refractivity contribution < 1.29 is 0 Å². The molecule has 0 aromatic heterocycles. The number of nitrogens with zero attached hydrogens (tertiary/aromatic N) is 2. The van der Waals surface area contributed by atoms with Crippen molar-refractivity contribution in [3.8, 4) is 0 Å². The predicted octanol–water partition coefficient (Wildman–Crippen LogP) is 6.01. The highest BCUT2D eigenvalue weighted by molar-refractivity contribution is 7.71. The van der Waals surface area contributed by atoms with E-state index in [4.69, 9.17) is 0 Å². The monoisotopic (exact) mass is 508 g/mol. The summed E-state index contributed by atoms with van der Waals surface area (Å²) in [5, 5.41) is 5.90. The fourth-order valence-electron chi connectivity index (χ4n) is 6.00. The van der Waals surface area contributed by atoms with Gasteiger partial charge >= 0.3 is 0 Å². The molecule has 0 radical (unpaired) electrons. The van der Waals surface area contributed by atoms with Gasteiger partial charge in [0.2, 0.25) is 0 Å². The van der Waals surface area contributed by atoms with E-state index in [0.29, 0.717) is 12.1 Å². The van der Waals surface area contributed by atoms with Crippen LogP contribution in [0.15, 0.2) is 121 Å². The van der Waals surface area contributed by atoms with Crippen LogP contribution in [-0.4, -0.2) is 34.5 Å². The Morgan fingerprint density at radius 1 is 0.417 bits per heavy atom. The molecule has 2 heterocycles. The summed E-state index contributed by atoms with van der Waals surface area (Å²) in [5.74, 6) is 0. The maximum atomic E-state index is 2.91. The van der Waals surface area contributed by atoms with Crippen molar-refractivity contribution in [1.29, 1.82) is 0 Å². The Morgan fingerprint density at radius 2 is 0.694 bits per heavy atom. The van der Waals surface area contributed by atoms with Gasteiger partial charge in [-0.15, -0.1) is 0 Å². The first-order valence-corrected chi connectivity index (χ1v) is 15.8. The van der Waals surface area contributed by atoms with Crippen LogP contribution in [0, 0.1) is 0 Å². The maximum absolute atomic E-state index is 2.91. The quantitative estimate of drug-likeness (QED) is 0.282. The molecule has 0 N–H and O–H groups in total. The molecule has 36 heavy (non-hydrogen) atoms. The van der Waals surface area contributed by atoms with Crippen molar-refractivity contribution >= 4 is 37.4 Å². The molecular weight excluding hydrogens is 474 g/mol. The molecule has 0 spiro atoms. The second-order valence-electron chi connectivity index (χ2n) is 9.71. The third-order valence-electron chi connectivity index (χ3n) is 7.50. The van der Waals surface area contributed by atoms with Gasteiger partial charge < -0.3 is 0 Å². The number of hydrogen-bond acceptors (Lipinski definition) is 2. The topological polar surface area (TPSA) is 6.48 Å². The first-order chi connectivity index (χ1) is 17.9. The number of rotatable bonds is 7. The minimum Gasteiger partial charge on any atom is -0.270 e. The fraction of sp³-hybridized carbons (Fsp3) is 0.250. The highest BCUT2D eigenvalue weighted by atomic mass is 31.1. The summed E-state index contributed by atoms with van der Waals surface area (Å²) in [5.41, 5.74) is 0. The van der Waals surface area contributed by atoms with Crippen molar-refractivity contribution in [2.75, 3.05) is 13.1 Å². The van der Waals surface area contributed by atoms with Crippen molar-refractivity contribution in [1.82, 2.24) is 9.34 Å². The van der Waals surface area contributed by atoms with Crippen LogP contribution in [0.25, 0.3) is 0 Å². The molecule has 0 amide bonds. The first kappa shape index (κ1) is 24.0. The highest BCUT2D eigenvalue weighted by Crippen LogP contribution is 2.51. The summed E-state index contributed by atoms with van der Waals surface area (Å²) in [6.07, 6.45) is 5.18. The summed E-state index contributed by atoms with van der Waals surface area (Å²) in [6, 6.07) is 46.3. The average Bonchev–Trinajstić information content (AvgIpc) is 3.62. The SMILES string of the molecule is c1ccc(P(c2ccccc2)N2CCC[C@@H]2[C@H]2CCCN2P(c2ccccc2)c2ccccc2)cc1. The molecular formula is C32H34N2P2. The Kier molecular flexibility index (Phi) is 7.59. The molecule has 2 aliphatic rings. The largest absolute Gasteiger partial charge is 0.270 e. The predicted molar refractivity (Wildman–Crippen MR) is 158 cm³/mol. The van der Waals surface area contributed by atoms with Gasteiger partial charge in [-0.05, 0) is 46.9 Å². The highest BCUT2D eigenvalue weighted by Gasteiger charge is 2.43. The Morgan fingerprint density at radius 3 is 0.972 bits per heavy atom. The second-order valence-corrected chi connectivity index (χ2v) is 14.1. The Labute approximate surface area is 218 Å². The van der Waals surface area contributed by atoms with E-state index in [1.807, 2.05) is 0 Å². The van der Waals surface area contributed by atoms with Gasteiger partial charge in [0, 0.05) is 41.3 Å². The standard InChI is InChI=1S/C32H34N2P2/c1-5-15-27(16-6-1)35(28-17-7-2-8-18-28)33-25-13-23-31(33)32-24-14-26-34(32)36(29-19-9-3-10-20-29)30-21-11-4-12-22-30/h1-12,15-22,31-32H,13-14,23-26H2/t31-,32-/m1/s1. The molecule has 4 aromatic carbocycles. The van der Waals surface area contributed by atoms with Crippen LogP contribution in [0.4, 0.5) is 0 Å². The van der Waals surface area contributed by atoms with Crippen molar-refractivity contribution in [3.63, 3.8) is 0 Å². The second kappa shape index (κ2) is 11.4. The Balaban J connectivity index is 1.38. The molecule has 4 heteroatoms. The van der Waals surface area contributed by atoms with E-state index < -0.39 is 16.1 Å². The van der Waals surface area contributed by atoms with Crippen LogP contribution in [0.5, 0.6) is 0 Å². The molecule has 2 aliphatic heterocycles. The minimum absolute atomic E-state index is 0.540. The lowest BCUT2D eigenvalue weighted by Crippen LogP contribution is -2.46. The van der Waals surface area contributed by atoms with Crippen molar-refractivity contribution in [2.45, 2.75) is 37.8 Å². The molecule has 2 atom stereocenters. The number of hydrogen-bond donors (Lipinski definition) is 0. The van der Waals surface area contributed by atoms with E-state index in [2.05, 4.69) is 131 Å². The Hall–Kier alpha value is -2.34. The van der Waals surface area contributed by atoms with Crippen LogP contribution < -0.4 is 21.2 Å². The summed E-state index contributed by atoms with van der Waals surface area (Å²) >= 11 is 0. The van der Waals surface area contributed by atoms with Gasteiger partial charge in [0.25, 0.3) is 0 Å². The van der Waals surface area contributed by atoms with Crippen LogP contribution in [0.3, 0.4) is 0 Å². The van der Waals surface area contributed by atoms with Crippen LogP contribution in [0.1, 0.15) is 25.7 Å². The first-order valence-electron chi connectivity index (χ1n) is 13.2. The van der Waals surface area contributed by atoms with Crippen LogP contribution in [0.2, 0.25) is 0 Å². The molecule has 4 aromatic rings. The van der Waals surface area contributed by atoms with Gasteiger partial charge in [-0.3, -0.25) is 9.34 Å². The zero-order valence-electron chi connectivity index (χ0n) is 20.7. The molecule has 0 unspecified atom stereocenters. The zero-order chi connectivity index (χ0) is 24.2. The normalized spacial score (nSPS) is 20.9. The zero-order valence-corrected chi connectivity index (χ0v) is 22.5. The minimum atomic E-state index is -0.540. The molecule has 6 rings (SSSR count).